The maximum atomic E-state index is 11.0. The Kier molecular flexibility index (Phi) is 6.42. The van der Waals surface area contributed by atoms with Crippen molar-refractivity contribution in [3.8, 4) is 0 Å². The molecule has 0 aromatic heterocycles. The third kappa shape index (κ3) is 4.94. The molecule has 3 atom stereocenters. The Balaban J connectivity index is 1.81. The van der Waals surface area contributed by atoms with Gasteiger partial charge >= 0.3 is 5.97 Å². The summed E-state index contributed by atoms with van der Waals surface area (Å²) in [7, 11) is 1.37. The first kappa shape index (κ1) is 17.8. The topological polar surface area (TPSA) is 67.8 Å². The summed E-state index contributed by atoms with van der Waals surface area (Å²) in [4.78, 5) is 16.3. The first-order valence-corrected chi connectivity index (χ1v) is 8.23. The Morgan fingerprint density at radius 2 is 2.30 bits per heavy atom. The van der Waals surface area contributed by atoms with E-state index in [1.807, 2.05) is 26.0 Å². The lowest BCUT2D eigenvalue weighted by molar-refractivity contribution is -0.142. The van der Waals surface area contributed by atoms with Crippen LogP contribution in [0.4, 0.5) is 0 Å². The molecular weight excluding hydrogens is 294 g/mol. The van der Waals surface area contributed by atoms with Crippen LogP contribution in [-0.4, -0.2) is 30.9 Å². The average molecular weight is 321 g/mol. The molecule has 0 saturated heterocycles. The number of hydroxylamine groups is 1. The normalized spacial score (nSPS) is 24.6. The number of hydrogen-bond acceptors (Lipinski definition) is 5. The van der Waals surface area contributed by atoms with Gasteiger partial charge in [0.2, 0.25) is 0 Å². The Bertz CT molecular complexity index is 507. The van der Waals surface area contributed by atoms with Gasteiger partial charge in [-0.15, -0.1) is 0 Å². The van der Waals surface area contributed by atoms with Gasteiger partial charge in [-0.25, -0.2) is 0 Å². The molecule has 0 bridgehead atoms. The molecule has 5 nitrogen and oxygen atoms in total. The second kappa shape index (κ2) is 8.31. The van der Waals surface area contributed by atoms with E-state index in [0.717, 1.165) is 18.5 Å². The molecule has 0 heterocycles. The third-order valence-corrected chi connectivity index (χ3v) is 4.42. The summed E-state index contributed by atoms with van der Waals surface area (Å²) in [6.07, 6.45) is 10.2. The molecule has 23 heavy (non-hydrogen) atoms. The van der Waals surface area contributed by atoms with E-state index in [1.54, 1.807) is 0 Å². The van der Waals surface area contributed by atoms with Crippen LogP contribution in [0.3, 0.4) is 0 Å². The van der Waals surface area contributed by atoms with E-state index in [1.165, 1.54) is 12.7 Å². The molecule has 0 spiro atoms. The van der Waals surface area contributed by atoms with Crippen molar-refractivity contribution in [1.82, 2.24) is 5.48 Å². The standard InChI is InChI=1S/C18H27NO4/c1-12(2)17(20)7-6-13-4-5-14-10-15(11-16(13)14)19-23-9-8-18(21)22-3/h4,6-7,11-12,14,16-17,19-20H,5,8-10H2,1-3H3/t14-,16+,17?/m1/s1. The summed E-state index contributed by atoms with van der Waals surface area (Å²) in [6.45, 7) is 4.30. The van der Waals surface area contributed by atoms with Crippen molar-refractivity contribution < 1.29 is 19.5 Å². The van der Waals surface area contributed by atoms with Gasteiger partial charge in [-0.05, 0) is 30.3 Å². The first-order valence-electron chi connectivity index (χ1n) is 8.23. The predicted octanol–water partition coefficient (Wildman–Crippen LogP) is 2.49. The fourth-order valence-corrected chi connectivity index (χ4v) is 2.92. The van der Waals surface area contributed by atoms with E-state index in [4.69, 9.17) is 4.84 Å². The van der Waals surface area contributed by atoms with Crippen molar-refractivity contribution in [2.75, 3.05) is 13.7 Å². The molecule has 2 aliphatic rings. The second-order valence-electron chi connectivity index (χ2n) is 6.49. The molecular formula is C18H27NO4. The largest absolute Gasteiger partial charge is 0.469 e. The van der Waals surface area contributed by atoms with Crippen molar-refractivity contribution in [3.63, 3.8) is 0 Å². The predicted molar refractivity (Wildman–Crippen MR) is 88.1 cm³/mol. The summed E-state index contributed by atoms with van der Waals surface area (Å²) in [5, 5.41) is 9.89. The highest BCUT2D eigenvalue weighted by atomic mass is 16.6. The van der Waals surface area contributed by atoms with Crippen molar-refractivity contribution in [3.05, 3.63) is 35.6 Å². The molecule has 0 fully saturated rings. The molecule has 2 N–H and O–H groups in total. The Morgan fingerprint density at radius 3 is 3.00 bits per heavy atom. The number of hydrogen-bond donors (Lipinski definition) is 2. The van der Waals surface area contributed by atoms with Gasteiger partial charge in [-0.2, -0.15) is 0 Å². The maximum Gasteiger partial charge on any atom is 0.307 e. The van der Waals surface area contributed by atoms with Crippen LogP contribution in [-0.2, 0) is 14.4 Å². The number of aliphatic hydroxyl groups excluding tert-OH is 1. The quantitative estimate of drug-likeness (QED) is 0.408. The fourth-order valence-electron chi connectivity index (χ4n) is 2.92. The van der Waals surface area contributed by atoms with Crippen LogP contribution in [0, 0.1) is 17.8 Å². The fraction of sp³-hybridized carbons (Fsp3) is 0.611. The number of carbonyl (C=O) groups is 1. The van der Waals surface area contributed by atoms with Gasteiger partial charge in [0.25, 0.3) is 0 Å². The van der Waals surface area contributed by atoms with Crippen molar-refractivity contribution in [1.29, 1.82) is 0 Å². The lowest BCUT2D eigenvalue weighted by Gasteiger charge is -2.12. The smallest absolute Gasteiger partial charge is 0.307 e. The number of carbonyl (C=O) groups excluding carboxylic acids is 1. The molecule has 0 aliphatic heterocycles. The molecule has 128 valence electrons. The number of rotatable bonds is 8. The van der Waals surface area contributed by atoms with Crippen LogP contribution in [0.25, 0.3) is 0 Å². The average Bonchev–Trinajstić information content (AvgIpc) is 3.09. The number of ether oxygens (including phenoxy) is 1. The molecule has 0 saturated carbocycles. The van der Waals surface area contributed by atoms with Gasteiger partial charge in [-0.3, -0.25) is 15.1 Å². The number of aliphatic hydroxyl groups is 1. The number of methoxy groups -OCH3 is 1. The van der Waals surface area contributed by atoms with E-state index in [2.05, 4.69) is 22.4 Å². The molecule has 0 amide bonds. The van der Waals surface area contributed by atoms with Crippen molar-refractivity contribution in [2.45, 2.75) is 39.2 Å². The first-order chi connectivity index (χ1) is 11.0. The highest BCUT2D eigenvalue weighted by molar-refractivity contribution is 5.69. The molecule has 5 heteroatoms. The lowest BCUT2D eigenvalue weighted by Crippen LogP contribution is -2.16. The molecule has 0 aromatic carbocycles. The molecule has 0 radical (unpaired) electrons. The highest BCUT2D eigenvalue weighted by Crippen LogP contribution is 2.42. The second-order valence-corrected chi connectivity index (χ2v) is 6.49. The minimum atomic E-state index is -0.403. The van der Waals surface area contributed by atoms with E-state index in [9.17, 15) is 9.90 Å². The Labute approximate surface area is 138 Å². The van der Waals surface area contributed by atoms with E-state index in [-0.39, 0.29) is 18.3 Å². The molecule has 2 rings (SSSR count). The van der Waals surface area contributed by atoms with Gasteiger partial charge in [0.1, 0.15) is 0 Å². The van der Waals surface area contributed by atoms with Gasteiger partial charge in [-0.1, -0.05) is 38.2 Å². The number of esters is 1. The van der Waals surface area contributed by atoms with E-state index >= 15 is 0 Å². The Hall–Kier alpha value is -1.59. The van der Waals surface area contributed by atoms with Crippen LogP contribution >= 0.6 is 0 Å². The van der Waals surface area contributed by atoms with Crippen LogP contribution < -0.4 is 5.48 Å². The Morgan fingerprint density at radius 1 is 1.52 bits per heavy atom. The van der Waals surface area contributed by atoms with Gasteiger partial charge in [0.15, 0.2) is 0 Å². The van der Waals surface area contributed by atoms with Crippen LogP contribution in [0.1, 0.15) is 33.1 Å². The van der Waals surface area contributed by atoms with Gasteiger partial charge in [0, 0.05) is 11.6 Å². The molecule has 1 unspecified atom stereocenters. The minimum absolute atomic E-state index is 0.226. The summed E-state index contributed by atoms with van der Waals surface area (Å²) in [5.41, 5.74) is 5.27. The zero-order chi connectivity index (χ0) is 16.8. The summed E-state index contributed by atoms with van der Waals surface area (Å²) in [5.74, 6) is 0.904. The third-order valence-electron chi connectivity index (χ3n) is 4.42. The maximum absolute atomic E-state index is 11.0. The monoisotopic (exact) mass is 321 g/mol. The van der Waals surface area contributed by atoms with Crippen LogP contribution in [0.15, 0.2) is 35.6 Å². The van der Waals surface area contributed by atoms with E-state index in [0.29, 0.717) is 18.4 Å². The van der Waals surface area contributed by atoms with Gasteiger partial charge in [0.05, 0.1) is 26.2 Å². The van der Waals surface area contributed by atoms with Crippen molar-refractivity contribution in [2.24, 2.45) is 17.8 Å². The van der Waals surface area contributed by atoms with Gasteiger partial charge < -0.3 is 9.84 Å². The summed E-state index contributed by atoms with van der Waals surface area (Å²) < 4.78 is 4.56. The molecule has 2 aliphatic carbocycles. The van der Waals surface area contributed by atoms with Crippen molar-refractivity contribution >= 4 is 5.97 Å². The van der Waals surface area contributed by atoms with E-state index < -0.39 is 6.10 Å². The highest BCUT2D eigenvalue weighted by Gasteiger charge is 2.32. The zero-order valence-corrected chi connectivity index (χ0v) is 14.1. The van der Waals surface area contributed by atoms with Crippen LogP contribution in [0.5, 0.6) is 0 Å². The minimum Gasteiger partial charge on any atom is -0.469 e. The number of fused-ring (bicyclic) bond motifs is 1. The lowest BCUT2D eigenvalue weighted by atomic mass is 9.94. The molecule has 0 aromatic rings. The number of allylic oxidation sites excluding steroid dienone is 5. The summed E-state index contributed by atoms with van der Waals surface area (Å²) >= 11 is 0. The van der Waals surface area contributed by atoms with Crippen LogP contribution in [0.2, 0.25) is 0 Å². The SMILES string of the molecule is COC(=O)CCONC1=C[C@H]2C(C=CC(O)C(C)C)=CC[C@@H]2C1. The number of nitrogens with one attached hydrogen (secondary N) is 1. The summed E-state index contributed by atoms with van der Waals surface area (Å²) in [6, 6.07) is 0. The zero-order valence-electron chi connectivity index (χ0n) is 14.1.